The molecule has 1 aliphatic heterocycles. The van der Waals surface area contributed by atoms with Crippen LogP contribution in [0.2, 0.25) is 0 Å². The van der Waals surface area contributed by atoms with Gasteiger partial charge in [0.1, 0.15) is 5.82 Å². The molecule has 0 atom stereocenters. The fourth-order valence-electron chi connectivity index (χ4n) is 3.21. The Kier molecular flexibility index (Phi) is 6.47. The molecular weight excluding hydrogens is 361 g/mol. The zero-order valence-corrected chi connectivity index (χ0v) is 15.9. The first kappa shape index (κ1) is 19.7. The summed E-state index contributed by atoms with van der Waals surface area (Å²) < 4.78 is 18.3. The van der Waals surface area contributed by atoms with Crippen LogP contribution in [0.4, 0.5) is 14.9 Å². The fourth-order valence-corrected chi connectivity index (χ4v) is 3.21. The number of methoxy groups -OCH3 is 1. The Labute approximate surface area is 163 Å². The lowest BCUT2D eigenvalue weighted by atomic mass is 10.1. The molecule has 2 aromatic carbocycles. The van der Waals surface area contributed by atoms with E-state index in [0.29, 0.717) is 50.3 Å². The van der Waals surface area contributed by atoms with Crippen LogP contribution in [0, 0.1) is 5.82 Å². The van der Waals surface area contributed by atoms with Crippen molar-refractivity contribution in [1.29, 1.82) is 0 Å². The molecule has 0 radical (unpaired) electrons. The van der Waals surface area contributed by atoms with Gasteiger partial charge >= 0.3 is 12.0 Å². The minimum absolute atomic E-state index is 0.128. The highest BCUT2D eigenvalue weighted by molar-refractivity contribution is 5.89. The summed E-state index contributed by atoms with van der Waals surface area (Å²) >= 11 is 0. The number of piperazine rings is 1. The number of amides is 2. The number of carbonyl (C=O) groups is 2. The molecule has 0 aromatic heterocycles. The van der Waals surface area contributed by atoms with Crippen molar-refractivity contribution in [2.24, 2.45) is 0 Å². The number of hydrogen-bond donors (Lipinski definition) is 1. The Morgan fingerprint density at radius 1 is 1.04 bits per heavy atom. The molecule has 28 heavy (non-hydrogen) atoms. The molecule has 1 fully saturated rings. The van der Waals surface area contributed by atoms with Gasteiger partial charge < -0.3 is 19.9 Å². The van der Waals surface area contributed by atoms with Gasteiger partial charge in [0.2, 0.25) is 0 Å². The summed E-state index contributed by atoms with van der Waals surface area (Å²) in [6.07, 6.45) is 0.463. The molecule has 1 N–H and O–H groups in total. The number of anilines is 1. The van der Waals surface area contributed by atoms with Crippen molar-refractivity contribution in [2.75, 3.05) is 44.7 Å². The Morgan fingerprint density at radius 3 is 2.36 bits per heavy atom. The maximum atomic E-state index is 13.6. The third kappa shape index (κ3) is 4.79. The second kappa shape index (κ2) is 9.21. The van der Waals surface area contributed by atoms with Crippen LogP contribution in [0.3, 0.4) is 0 Å². The van der Waals surface area contributed by atoms with E-state index in [0.717, 1.165) is 5.69 Å². The molecule has 1 aliphatic rings. The zero-order chi connectivity index (χ0) is 19.9. The van der Waals surface area contributed by atoms with Gasteiger partial charge in [-0.3, -0.25) is 0 Å². The van der Waals surface area contributed by atoms with E-state index >= 15 is 0 Å². The number of nitrogens with one attached hydrogen (secondary N) is 1. The molecule has 1 saturated heterocycles. The largest absolute Gasteiger partial charge is 0.465 e. The maximum Gasteiger partial charge on any atom is 0.337 e. The molecule has 1 heterocycles. The van der Waals surface area contributed by atoms with Gasteiger partial charge in [-0.25, -0.2) is 14.0 Å². The Bertz CT molecular complexity index is 818. The van der Waals surface area contributed by atoms with E-state index < -0.39 is 0 Å². The van der Waals surface area contributed by atoms with E-state index in [1.54, 1.807) is 35.2 Å². The highest BCUT2D eigenvalue weighted by Crippen LogP contribution is 2.18. The Balaban J connectivity index is 1.45. The zero-order valence-electron chi connectivity index (χ0n) is 15.9. The predicted molar refractivity (Wildman–Crippen MR) is 105 cm³/mol. The maximum absolute atomic E-state index is 13.6. The topological polar surface area (TPSA) is 61.9 Å². The Morgan fingerprint density at radius 2 is 1.71 bits per heavy atom. The van der Waals surface area contributed by atoms with E-state index in [4.69, 9.17) is 4.74 Å². The third-order valence-corrected chi connectivity index (χ3v) is 4.85. The minimum Gasteiger partial charge on any atom is -0.465 e. The van der Waals surface area contributed by atoms with Gasteiger partial charge in [0, 0.05) is 38.4 Å². The number of urea groups is 1. The number of benzene rings is 2. The van der Waals surface area contributed by atoms with Crippen molar-refractivity contribution in [3.8, 4) is 0 Å². The molecule has 0 unspecified atom stereocenters. The number of rotatable bonds is 5. The van der Waals surface area contributed by atoms with Crippen molar-refractivity contribution in [2.45, 2.75) is 6.42 Å². The number of esters is 1. The van der Waals surface area contributed by atoms with Crippen molar-refractivity contribution in [3.63, 3.8) is 0 Å². The van der Waals surface area contributed by atoms with Crippen LogP contribution in [0.5, 0.6) is 0 Å². The summed E-state index contributed by atoms with van der Waals surface area (Å²) in [5.41, 5.74) is 2.12. The van der Waals surface area contributed by atoms with Crippen LogP contribution in [-0.4, -0.2) is 56.7 Å². The minimum atomic E-state index is -0.358. The number of ether oxygens (including phenoxy) is 1. The van der Waals surface area contributed by atoms with Crippen molar-refractivity contribution in [3.05, 3.63) is 65.5 Å². The molecule has 0 aliphatic carbocycles. The molecule has 2 amide bonds. The van der Waals surface area contributed by atoms with Crippen LogP contribution in [0.15, 0.2) is 48.5 Å². The summed E-state index contributed by atoms with van der Waals surface area (Å²) in [5, 5.41) is 2.86. The number of halogens is 1. The molecule has 3 rings (SSSR count). The number of hydrogen-bond acceptors (Lipinski definition) is 4. The first-order chi connectivity index (χ1) is 13.6. The van der Waals surface area contributed by atoms with E-state index in [1.165, 1.54) is 13.2 Å². The average Bonchev–Trinajstić information content (AvgIpc) is 2.74. The van der Waals surface area contributed by atoms with Gasteiger partial charge in [0.15, 0.2) is 0 Å². The van der Waals surface area contributed by atoms with E-state index in [2.05, 4.69) is 10.2 Å². The lowest BCUT2D eigenvalue weighted by Gasteiger charge is -2.36. The van der Waals surface area contributed by atoms with Gasteiger partial charge in [0.05, 0.1) is 12.7 Å². The standard InChI is InChI=1S/C21H24FN3O3/c1-28-20(26)17-6-8-18(9-7-17)24-12-14-25(15-13-24)21(27)23-11-10-16-4-2-3-5-19(16)22/h2-9H,10-15H2,1H3,(H,23,27). The molecular formula is C21H24FN3O3. The van der Waals surface area contributed by atoms with E-state index in [9.17, 15) is 14.0 Å². The van der Waals surface area contributed by atoms with Crippen molar-refractivity contribution in [1.82, 2.24) is 10.2 Å². The fraction of sp³-hybridized carbons (Fsp3) is 0.333. The molecule has 0 spiro atoms. The van der Waals surface area contributed by atoms with Crippen LogP contribution in [0.25, 0.3) is 0 Å². The molecule has 7 heteroatoms. The van der Waals surface area contributed by atoms with Gasteiger partial charge in [0.25, 0.3) is 0 Å². The number of carbonyl (C=O) groups excluding carboxylic acids is 2. The lowest BCUT2D eigenvalue weighted by molar-refractivity contribution is 0.0600. The second-order valence-electron chi connectivity index (χ2n) is 6.59. The molecule has 0 bridgehead atoms. The van der Waals surface area contributed by atoms with Gasteiger partial charge in [-0.2, -0.15) is 0 Å². The second-order valence-corrected chi connectivity index (χ2v) is 6.59. The lowest BCUT2D eigenvalue weighted by Crippen LogP contribution is -2.52. The molecule has 6 nitrogen and oxygen atoms in total. The summed E-state index contributed by atoms with van der Waals surface area (Å²) in [5.74, 6) is -0.605. The Hall–Kier alpha value is -3.09. The summed E-state index contributed by atoms with van der Waals surface area (Å²) in [6.45, 7) is 3.01. The van der Waals surface area contributed by atoms with E-state index in [1.807, 2.05) is 12.1 Å². The van der Waals surface area contributed by atoms with Crippen molar-refractivity contribution < 1.29 is 18.7 Å². The molecule has 0 saturated carbocycles. The first-order valence-corrected chi connectivity index (χ1v) is 9.28. The summed E-state index contributed by atoms with van der Waals surface area (Å²) in [7, 11) is 1.36. The smallest absolute Gasteiger partial charge is 0.337 e. The number of nitrogens with zero attached hydrogens (tertiary/aromatic N) is 2. The van der Waals surface area contributed by atoms with Crippen molar-refractivity contribution >= 4 is 17.7 Å². The first-order valence-electron chi connectivity index (χ1n) is 9.28. The van der Waals surface area contributed by atoms with Crippen LogP contribution in [-0.2, 0) is 11.2 Å². The van der Waals surface area contributed by atoms with E-state index in [-0.39, 0.29) is 17.8 Å². The highest BCUT2D eigenvalue weighted by Gasteiger charge is 2.21. The molecule has 148 valence electrons. The van der Waals surface area contributed by atoms with Gasteiger partial charge in [-0.05, 0) is 42.3 Å². The van der Waals surface area contributed by atoms with Crippen LogP contribution >= 0.6 is 0 Å². The van der Waals surface area contributed by atoms with Crippen LogP contribution in [0.1, 0.15) is 15.9 Å². The normalized spacial score (nSPS) is 13.9. The monoisotopic (exact) mass is 385 g/mol. The highest BCUT2D eigenvalue weighted by atomic mass is 19.1. The van der Waals surface area contributed by atoms with Gasteiger partial charge in [-0.15, -0.1) is 0 Å². The quantitative estimate of drug-likeness (QED) is 0.804. The molecule has 2 aromatic rings. The predicted octanol–water partition coefficient (Wildman–Crippen LogP) is 2.69. The summed E-state index contributed by atoms with van der Waals surface area (Å²) in [6, 6.07) is 13.7. The summed E-state index contributed by atoms with van der Waals surface area (Å²) in [4.78, 5) is 27.8. The van der Waals surface area contributed by atoms with Crippen LogP contribution < -0.4 is 10.2 Å². The SMILES string of the molecule is COC(=O)c1ccc(N2CCN(C(=O)NCCc3ccccc3F)CC2)cc1. The average molecular weight is 385 g/mol. The van der Waals surface area contributed by atoms with Gasteiger partial charge in [-0.1, -0.05) is 18.2 Å². The third-order valence-electron chi connectivity index (χ3n) is 4.85.